The van der Waals surface area contributed by atoms with Gasteiger partial charge in [0.2, 0.25) is 5.82 Å². The maximum absolute atomic E-state index is 12.5. The van der Waals surface area contributed by atoms with Crippen LogP contribution in [0.25, 0.3) is 11.4 Å². The molecule has 1 aromatic carbocycles. The van der Waals surface area contributed by atoms with Gasteiger partial charge in [-0.25, -0.2) is 0 Å². The average molecular weight is 379 g/mol. The lowest BCUT2D eigenvalue weighted by atomic mass is 10.1. The predicted molar refractivity (Wildman–Crippen MR) is 89.9 cm³/mol. The van der Waals surface area contributed by atoms with Crippen LogP contribution in [0.3, 0.4) is 0 Å². The van der Waals surface area contributed by atoms with Crippen molar-refractivity contribution in [2.24, 2.45) is 5.16 Å². The maximum atomic E-state index is 12.5. The third-order valence-electron chi connectivity index (χ3n) is 3.35. The van der Waals surface area contributed by atoms with Gasteiger partial charge >= 0.3 is 12.1 Å². The van der Waals surface area contributed by atoms with Gasteiger partial charge in [-0.15, -0.1) is 0 Å². The van der Waals surface area contributed by atoms with Crippen LogP contribution in [-0.4, -0.2) is 32.2 Å². The van der Waals surface area contributed by atoms with Crippen molar-refractivity contribution >= 4 is 6.21 Å². The van der Waals surface area contributed by atoms with Gasteiger partial charge in [0.05, 0.1) is 19.0 Å². The first-order valence-electron chi connectivity index (χ1n) is 8.03. The van der Waals surface area contributed by atoms with Gasteiger partial charge in [0, 0.05) is 17.3 Å². The number of rotatable bonds is 6. The summed E-state index contributed by atoms with van der Waals surface area (Å²) in [5.74, 6) is -1.48. The molecule has 142 valence electrons. The van der Waals surface area contributed by atoms with Gasteiger partial charge < -0.3 is 9.36 Å². The molecule has 0 radical (unpaired) electrons. The minimum atomic E-state index is -4.66. The van der Waals surface area contributed by atoms with Crippen molar-refractivity contribution in [3.8, 4) is 11.4 Å². The molecule has 2 heterocycles. The average Bonchev–Trinajstić information content (AvgIpc) is 3.25. The minimum Gasteiger partial charge on any atom is -0.393 e. The van der Waals surface area contributed by atoms with Gasteiger partial charge in [-0.3, -0.25) is 4.68 Å². The molecule has 0 bridgehead atoms. The van der Waals surface area contributed by atoms with E-state index in [-0.39, 0.29) is 11.9 Å². The molecule has 0 N–H and O–H groups in total. The zero-order chi connectivity index (χ0) is 19.4. The van der Waals surface area contributed by atoms with Crippen LogP contribution < -0.4 is 0 Å². The Bertz CT molecular complexity index is 913. The van der Waals surface area contributed by atoms with Gasteiger partial charge in [-0.1, -0.05) is 34.6 Å². The summed E-state index contributed by atoms with van der Waals surface area (Å²) in [6, 6.07) is 6.78. The molecule has 0 fully saturated rings. The van der Waals surface area contributed by atoms with Crippen LogP contribution in [0, 0.1) is 0 Å². The SMILES string of the molecule is CC(C)O/N=C/c1cnn(Cc2ccc(-c3noc(C(F)(F)F)n3)cc2)c1. The van der Waals surface area contributed by atoms with E-state index in [4.69, 9.17) is 4.84 Å². The molecular formula is C17H16F3N5O2. The molecule has 0 aliphatic carbocycles. The topological polar surface area (TPSA) is 78.3 Å². The second-order valence-corrected chi connectivity index (χ2v) is 5.98. The highest BCUT2D eigenvalue weighted by atomic mass is 19.4. The summed E-state index contributed by atoms with van der Waals surface area (Å²) in [5, 5.41) is 11.4. The van der Waals surface area contributed by atoms with Gasteiger partial charge in [-0.2, -0.15) is 23.3 Å². The van der Waals surface area contributed by atoms with Crippen LogP contribution in [0.2, 0.25) is 0 Å². The van der Waals surface area contributed by atoms with Crippen molar-refractivity contribution in [1.29, 1.82) is 0 Å². The van der Waals surface area contributed by atoms with E-state index in [2.05, 4.69) is 24.9 Å². The molecule has 0 aliphatic heterocycles. The first kappa shape index (κ1) is 18.6. The lowest BCUT2D eigenvalue weighted by molar-refractivity contribution is -0.159. The predicted octanol–water partition coefficient (Wildman–Crippen LogP) is 3.76. The zero-order valence-electron chi connectivity index (χ0n) is 14.5. The summed E-state index contributed by atoms with van der Waals surface area (Å²) in [7, 11) is 0. The van der Waals surface area contributed by atoms with Crippen molar-refractivity contribution in [3.63, 3.8) is 0 Å². The van der Waals surface area contributed by atoms with E-state index in [0.29, 0.717) is 12.1 Å². The number of hydrogen-bond acceptors (Lipinski definition) is 6. The quantitative estimate of drug-likeness (QED) is 0.481. The minimum absolute atomic E-state index is 0.00114. The highest BCUT2D eigenvalue weighted by Gasteiger charge is 2.38. The Labute approximate surface area is 152 Å². The van der Waals surface area contributed by atoms with Crippen LogP contribution in [0.4, 0.5) is 13.2 Å². The lowest BCUT2D eigenvalue weighted by Crippen LogP contribution is -2.04. The molecule has 3 aromatic rings. The Balaban J connectivity index is 1.65. The third kappa shape index (κ3) is 4.93. The molecular weight excluding hydrogens is 363 g/mol. The fourth-order valence-electron chi connectivity index (χ4n) is 2.15. The number of halogens is 3. The first-order valence-corrected chi connectivity index (χ1v) is 8.03. The number of hydrogen-bond donors (Lipinski definition) is 0. The molecule has 0 amide bonds. The van der Waals surface area contributed by atoms with Crippen molar-refractivity contribution in [2.45, 2.75) is 32.7 Å². The second-order valence-electron chi connectivity index (χ2n) is 5.98. The Morgan fingerprint density at radius 3 is 2.63 bits per heavy atom. The summed E-state index contributed by atoms with van der Waals surface area (Å²) >= 11 is 0. The molecule has 3 rings (SSSR count). The van der Waals surface area contributed by atoms with Crippen molar-refractivity contribution in [1.82, 2.24) is 19.9 Å². The van der Waals surface area contributed by atoms with E-state index in [9.17, 15) is 13.2 Å². The molecule has 0 saturated carbocycles. The lowest BCUT2D eigenvalue weighted by Gasteiger charge is -2.02. The number of benzene rings is 1. The van der Waals surface area contributed by atoms with Gasteiger partial charge in [0.15, 0.2) is 0 Å². The van der Waals surface area contributed by atoms with Gasteiger partial charge in [0.25, 0.3) is 0 Å². The summed E-state index contributed by atoms with van der Waals surface area (Å²) < 4.78 is 43.5. The summed E-state index contributed by atoms with van der Waals surface area (Å²) in [6.45, 7) is 4.24. The monoisotopic (exact) mass is 379 g/mol. The van der Waals surface area contributed by atoms with Gasteiger partial charge in [0.1, 0.15) is 6.10 Å². The second kappa shape index (κ2) is 7.60. The molecule has 0 aliphatic rings. The fourth-order valence-corrected chi connectivity index (χ4v) is 2.15. The molecule has 0 spiro atoms. The van der Waals surface area contributed by atoms with Crippen LogP contribution in [-0.2, 0) is 17.6 Å². The van der Waals surface area contributed by atoms with E-state index in [1.54, 1.807) is 47.6 Å². The summed E-state index contributed by atoms with van der Waals surface area (Å²) in [4.78, 5) is 8.46. The maximum Gasteiger partial charge on any atom is 0.471 e. The summed E-state index contributed by atoms with van der Waals surface area (Å²) in [6.07, 6.45) is 0.365. The van der Waals surface area contributed by atoms with Crippen molar-refractivity contribution in [3.05, 3.63) is 53.7 Å². The van der Waals surface area contributed by atoms with E-state index in [1.807, 2.05) is 13.8 Å². The van der Waals surface area contributed by atoms with E-state index in [0.717, 1.165) is 11.1 Å². The highest BCUT2D eigenvalue weighted by molar-refractivity contribution is 5.78. The summed E-state index contributed by atoms with van der Waals surface area (Å²) in [5.41, 5.74) is 2.12. The normalized spacial score (nSPS) is 12.2. The number of aromatic nitrogens is 4. The Kier molecular flexibility index (Phi) is 5.24. The molecule has 27 heavy (non-hydrogen) atoms. The standard InChI is InChI=1S/C17H16F3N5O2/c1-11(2)26-22-8-13-7-21-25(10-13)9-12-3-5-14(6-4-12)15-23-16(27-24-15)17(18,19)20/h3-8,10-11H,9H2,1-2H3/b22-8+. The Morgan fingerprint density at radius 2 is 2.00 bits per heavy atom. The van der Waals surface area contributed by atoms with Crippen LogP contribution in [0.1, 0.15) is 30.9 Å². The number of alkyl halides is 3. The highest BCUT2D eigenvalue weighted by Crippen LogP contribution is 2.29. The van der Waals surface area contributed by atoms with E-state index in [1.165, 1.54) is 0 Å². The van der Waals surface area contributed by atoms with E-state index >= 15 is 0 Å². The van der Waals surface area contributed by atoms with Gasteiger partial charge in [-0.05, 0) is 19.4 Å². The molecule has 7 nitrogen and oxygen atoms in total. The molecule has 10 heteroatoms. The fraction of sp³-hybridized carbons (Fsp3) is 0.294. The van der Waals surface area contributed by atoms with E-state index < -0.39 is 12.1 Å². The Hall–Kier alpha value is -3.17. The largest absolute Gasteiger partial charge is 0.471 e. The van der Waals surface area contributed by atoms with Crippen molar-refractivity contribution in [2.75, 3.05) is 0 Å². The van der Waals surface area contributed by atoms with Crippen molar-refractivity contribution < 1.29 is 22.5 Å². The van der Waals surface area contributed by atoms with Crippen LogP contribution in [0.5, 0.6) is 0 Å². The van der Waals surface area contributed by atoms with Crippen LogP contribution >= 0.6 is 0 Å². The zero-order valence-corrected chi connectivity index (χ0v) is 14.5. The smallest absolute Gasteiger partial charge is 0.393 e. The molecule has 0 saturated heterocycles. The van der Waals surface area contributed by atoms with Crippen LogP contribution in [0.15, 0.2) is 46.3 Å². The molecule has 2 aromatic heterocycles. The molecule has 0 atom stereocenters. The number of nitrogens with zero attached hydrogens (tertiary/aromatic N) is 5. The first-order chi connectivity index (χ1) is 12.8. The molecule has 0 unspecified atom stereocenters. The third-order valence-corrected chi connectivity index (χ3v) is 3.35. The number of oxime groups is 1. The Morgan fingerprint density at radius 1 is 1.26 bits per heavy atom.